The number of aryl methyl sites for hydroxylation is 2. The van der Waals surface area contributed by atoms with Gasteiger partial charge in [0.1, 0.15) is 0 Å². The first kappa shape index (κ1) is 23.4. The summed E-state index contributed by atoms with van der Waals surface area (Å²) >= 11 is 0. The molecule has 4 amide bonds. The Kier molecular flexibility index (Phi) is 6.75. The lowest BCUT2D eigenvalue weighted by Crippen LogP contribution is -2.56. The molecular formula is C28H34N4O3. The molecule has 7 heteroatoms. The maximum atomic E-state index is 13.6. The van der Waals surface area contributed by atoms with Crippen LogP contribution in [0.25, 0.3) is 0 Å². The monoisotopic (exact) mass is 474 g/mol. The van der Waals surface area contributed by atoms with E-state index in [1.165, 1.54) is 5.56 Å². The van der Waals surface area contributed by atoms with Crippen molar-refractivity contribution in [2.24, 2.45) is 5.92 Å². The van der Waals surface area contributed by atoms with Crippen LogP contribution in [-0.4, -0.2) is 66.4 Å². The van der Waals surface area contributed by atoms with E-state index in [0.717, 1.165) is 50.0 Å². The van der Waals surface area contributed by atoms with Crippen molar-refractivity contribution in [2.75, 3.05) is 37.6 Å². The summed E-state index contributed by atoms with van der Waals surface area (Å²) < 4.78 is 0. The molecule has 0 unspecified atom stereocenters. The summed E-state index contributed by atoms with van der Waals surface area (Å²) in [5.74, 6) is 0.559. The van der Waals surface area contributed by atoms with Crippen molar-refractivity contribution < 1.29 is 14.4 Å². The quantitative estimate of drug-likeness (QED) is 0.720. The number of benzene rings is 2. The van der Waals surface area contributed by atoms with E-state index in [4.69, 9.17) is 0 Å². The minimum absolute atomic E-state index is 0.0319. The Labute approximate surface area is 207 Å². The predicted octanol–water partition coefficient (Wildman–Crippen LogP) is 3.61. The molecule has 35 heavy (non-hydrogen) atoms. The van der Waals surface area contributed by atoms with Crippen LogP contribution in [0.4, 0.5) is 10.5 Å². The fourth-order valence-corrected chi connectivity index (χ4v) is 5.84. The van der Waals surface area contributed by atoms with Gasteiger partial charge in [0, 0.05) is 56.4 Å². The van der Waals surface area contributed by atoms with Gasteiger partial charge in [0.25, 0.3) is 5.91 Å². The standard InChI is InChI=1S/C28H34N4O3/c1-20-9-11-22(18-25(20)32-17-14-29-28(32)35)27(34)31-15-5-8-23-19-30(16-13-24(23)31)26(33)12-10-21-6-3-2-4-7-21/h2-4,6-7,9,11,18,23-24H,5,8,10,12-17,19H2,1H3,(H,29,35)/t23-,24-/m1/s1. The first-order valence-corrected chi connectivity index (χ1v) is 12.8. The number of amides is 4. The molecule has 0 bridgehead atoms. The van der Waals surface area contributed by atoms with Crippen LogP contribution in [-0.2, 0) is 11.2 Å². The molecule has 5 rings (SSSR count). The highest BCUT2D eigenvalue weighted by atomic mass is 16.2. The number of likely N-dealkylation sites (tertiary alicyclic amines) is 2. The zero-order chi connectivity index (χ0) is 24.4. The number of fused-ring (bicyclic) bond motifs is 1. The van der Waals surface area contributed by atoms with Crippen LogP contribution in [0.15, 0.2) is 48.5 Å². The van der Waals surface area contributed by atoms with E-state index in [1.54, 1.807) is 4.90 Å². The van der Waals surface area contributed by atoms with E-state index in [-0.39, 0.29) is 23.9 Å². The predicted molar refractivity (Wildman–Crippen MR) is 135 cm³/mol. The third-order valence-electron chi connectivity index (χ3n) is 7.76. The van der Waals surface area contributed by atoms with E-state index < -0.39 is 0 Å². The number of nitrogens with one attached hydrogen (secondary N) is 1. The van der Waals surface area contributed by atoms with Crippen LogP contribution in [0.2, 0.25) is 0 Å². The highest BCUT2D eigenvalue weighted by Crippen LogP contribution is 2.33. The fraction of sp³-hybridized carbons (Fsp3) is 0.464. The van der Waals surface area contributed by atoms with Gasteiger partial charge in [0.05, 0.1) is 0 Å². The summed E-state index contributed by atoms with van der Waals surface area (Å²) in [6.45, 7) is 5.37. The molecular weight excluding hydrogens is 440 g/mol. The molecule has 2 atom stereocenters. The molecule has 2 aromatic rings. The smallest absolute Gasteiger partial charge is 0.322 e. The molecule has 0 aromatic heterocycles. The maximum Gasteiger partial charge on any atom is 0.322 e. The van der Waals surface area contributed by atoms with Gasteiger partial charge in [-0.25, -0.2) is 4.79 Å². The van der Waals surface area contributed by atoms with Gasteiger partial charge in [-0.1, -0.05) is 36.4 Å². The van der Waals surface area contributed by atoms with E-state index in [0.29, 0.717) is 37.5 Å². The van der Waals surface area contributed by atoms with Crippen molar-refractivity contribution in [2.45, 2.75) is 45.1 Å². The second kappa shape index (κ2) is 10.1. The van der Waals surface area contributed by atoms with Gasteiger partial charge in [0.2, 0.25) is 5.91 Å². The van der Waals surface area contributed by atoms with Crippen molar-refractivity contribution in [1.82, 2.24) is 15.1 Å². The van der Waals surface area contributed by atoms with Gasteiger partial charge < -0.3 is 15.1 Å². The van der Waals surface area contributed by atoms with E-state index in [1.807, 2.05) is 53.1 Å². The third-order valence-corrected chi connectivity index (χ3v) is 7.76. The van der Waals surface area contributed by atoms with Crippen LogP contribution < -0.4 is 10.2 Å². The number of hydrogen-bond donors (Lipinski definition) is 1. The number of urea groups is 1. The molecule has 3 fully saturated rings. The zero-order valence-corrected chi connectivity index (χ0v) is 20.4. The van der Waals surface area contributed by atoms with Crippen molar-refractivity contribution >= 4 is 23.5 Å². The van der Waals surface area contributed by atoms with Crippen molar-refractivity contribution in [3.63, 3.8) is 0 Å². The van der Waals surface area contributed by atoms with Crippen molar-refractivity contribution in [1.29, 1.82) is 0 Å². The molecule has 0 spiro atoms. The number of anilines is 1. The minimum Gasteiger partial charge on any atom is -0.342 e. The Balaban J connectivity index is 1.24. The highest BCUT2D eigenvalue weighted by molar-refractivity contribution is 5.99. The average Bonchev–Trinajstić information content (AvgIpc) is 3.32. The summed E-state index contributed by atoms with van der Waals surface area (Å²) in [5.41, 5.74) is 3.61. The zero-order valence-electron chi connectivity index (χ0n) is 20.4. The Morgan fingerprint density at radius 1 is 1.03 bits per heavy atom. The summed E-state index contributed by atoms with van der Waals surface area (Å²) in [7, 11) is 0. The van der Waals surface area contributed by atoms with Gasteiger partial charge in [-0.2, -0.15) is 0 Å². The highest BCUT2D eigenvalue weighted by Gasteiger charge is 2.39. The Morgan fingerprint density at radius 3 is 2.63 bits per heavy atom. The number of nitrogens with zero attached hydrogens (tertiary/aromatic N) is 3. The Morgan fingerprint density at radius 2 is 1.86 bits per heavy atom. The molecule has 2 aromatic carbocycles. The first-order chi connectivity index (χ1) is 17.0. The molecule has 0 aliphatic carbocycles. The summed E-state index contributed by atoms with van der Waals surface area (Å²) in [6.07, 6.45) is 4.11. The molecule has 7 nitrogen and oxygen atoms in total. The molecule has 0 radical (unpaired) electrons. The van der Waals surface area contributed by atoms with Crippen LogP contribution in [0.1, 0.15) is 47.2 Å². The van der Waals surface area contributed by atoms with Gasteiger partial charge in [-0.15, -0.1) is 0 Å². The van der Waals surface area contributed by atoms with Crippen LogP contribution in [0.3, 0.4) is 0 Å². The normalized spacial score (nSPS) is 22.1. The van der Waals surface area contributed by atoms with E-state index >= 15 is 0 Å². The van der Waals surface area contributed by atoms with Crippen LogP contribution >= 0.6 is 0 Å². The molecule has 3 saturated heterocycles. The largest absolute Gasteiger partial charge is 0.342 e. The van der Waals surface area contributed by atoms with Gasteiger partial charge >= 0.3 is 6.03 Å². The lowest BCUT2D eigenvalue weighted by atomic mass is 9.83. The molecule has 3 aliphatic rings. The van der Waals surface area contributed by atoms with Gasteiger partial charge in [-0.05, 0) is 61.8 Å². The summed E-state index contributed by atoms with van der Waals surface area (Å²) in [6, 6.07) is 15.9. The van der Waals surface area contributed by atoms with E-state index in [2.05, 4.69) is 17.4 Å². The number of carbonyl (C=O) groups is 3. The average molecular weight is 475 g/mol. The fourth-order valence-electron chi connectivity index (χ4n) is 5.84. The molecule has 0 saturated carbocycles. The van der Waals surface area contributed by atoms with Gasteiger partial charge in [0.15, 0.2) is 0 Å². The van der Waals surface area contributed by atoms with Crippen LogP contribution in [0.5, 0.6) is 0 Å². The van der Waals surface area contributed by atoms with Crippen molar-refractivity contribution in [3.05, 3.63) is 65.2 Å². The molecule has 184 valence electrons. The SMILES string of the molecule is Cc1ccc(C(=O)N2CCC[C@@H]3CN(C(=O)CCc4ccccc4)CC[C@H]32)cc1N1CCNC1=O. The third kappa shape index (κ3) is 4.90. The lowest BCUT2D eigenvalue weighted by molar-refractivity contribution is -0.134. The van der Waals surface area contributed by atoms with Crippen molar-refractivity contribution in [3.8, 4) is 0 Å². The molecule has 3 heterocycles. The number of rotatable bonds is 5. The second-order valence-electron chi connectivity index (χ2n) is 9.97. The Bertz CT molecular complexity index is 1100. The number of hydrogen-bond acceptors (Lipinski definition) is 3. The van der Waals surface area contributed by atoms with E-state index in [9.17, 15) is 14.4 Å². The first-order valence-electron chi connectivity index (χ1n) is 12.8. The molecule has 1 N–H and O–H groups in total. The summed E-state index contributed by atoms with van der Waals surface area (Å²) in [4.78, 5) is 44.5. The van der Waals surface area contributed by atoms with Crippen LogP contribution in [0, 0.1) is 12.8 Å². The lowest BCUT2D eigenvalue weighted by Gasteiger charge is -2.47. The molecule has 3 aliphatic heterocycles. The minimum atomic E-state index is -0.111. The Hall–Kier alpha value is -3.35. The topological polar surface area (TPSA) is 73.0 Å². The maximum absolute atomic E-state index is 13.6. The second-order valence-corrected chi connectivity index (χ2v) is 9.97. The number of piperidine rings is 2. The number of carbonyl (C=O) groups excluding carboxylic acids is 3. The summed E-state index contributed by atoms with van der Waals surface area (Å²) in [5, 5.41) is 2.84. The van der Waals surface area contributed by atoms with Gasteiger partial charge in [-0.3, -0.25) is 14.5 Å².